The molecule has 0 spiro atoms. The smallest absolute Gasteiger partial charge is 0.118 e. The molecule has 1 aliphatic rings. The normalized spacial score (nSPS) is 13.1. The third-order valence-electron chi connectivity index (χ3n) is 11.8. The fourth-order valence-corrected chi connectivity index (χ4v) is 9.34. The van der Waals surface area contributed by atoms with E-state index in [1.165, 1.54) is 27.8 Å². The summed E-state index contributed by atoms with van der Waals surface area (Å²) >= 11 is 0. The summed E-state index contributed by atoms with van der Waals surface area (Å²) in [6.07, 6.45) is 5.84. The van der Waals surface area contributed by atoms with Crippen molar-refractivity contribution in [3.05, 3.63) is 216 Å². The molecule has 0 unspecified atom stereocenters. The van der Waals surface area contributed by atoms with Crippen LogP contribution in [-0.4, -0.2) is 19.1 Å². The van der Waals surface area contributed by atoms with Crippen molar-refractivity contribution in [1.82, 2.24) is 19.1 Å². The van der Waals surface area contributed by atoms with Gasteiger partial charge < -0.3 is 10.3 Å². The first-order chi connectivity index (χ1) is 28.2. The number of nitrogen functional groups attached to an aromatic ring is 1. The molecule has 4 aromatic heterocycles. The summed E-state index contributed by atoms with van der Waals surface area (Å²) in [4.78, 5) is 10.3. The van der Waals surface area contributed by atoms with Crippen molar-refractivity contribution in [3.63, 3.8) is 0 Å². The molecule has 0 amide bonds. The Labute approximate surface area is 330 Å². The highest BCUT2D eigenvalue weighted by Gasteiger charge is 2.47. The summed E-state index contributed by atoms with van der Waals surface area (Å²) < 4.78 is 4.46. The van der Waals surface area contributed by atoms with Crippen molar-refractivity contribution in [1.29, 1.82) is 0 Å². The van der Waals surface area contributed by atoms with E-state index in [9.17, 15) is 0 Å². The minimum atomic E-state index is -0.532. The third kappa shape index (κ3) is 4.76. The lowest BCUT2D eigenvalue weighted by Gasteiger charge is -2.33. The van der Waals surface area contributed by atoms with Gasteiger partial charge in [0, 0.05) is 39.6 Å². The summed E-state index contributed by atoms with van der Waals surface area (Å²) in [6.45, 7) is 2.00. The van der Waals surface area contributed by atoms with Crippen LogP contribution in [0.15, 0.2) is 188 Å². The number of nitrogens with two attached hydrogens (primary N) is 1. The lowest BCUT2D eigenvalue weighted by molar-refractivity contribution is 0.767. The van der Waals surface area contributed by atoms with Crippen molar-refractivity contribution < 1.29 is 0 Å². The zero-order valence-corrected chi connectivity index (χ0v) is 31.3. The molecular formula is C52H37N5. The average Bonchev–Trinajstić information content (AvgIpc) is 3.86. The van der Waals surface area contributed by atoms with Gasteiger partial charge in [-0.1, -0.05) is 140 Å². The van der Waals surface area contributed by atoms with Gasteiger partial charge in [0.05, 0.1) is 38.7 Å². The van der Waals surface area contributed by atoms with Crippen LogP contribution in [0.3, 0.4) is 0 Å². The standard InChI is InChI=1S/C52H37N5/c1-2-14-42-49-46(23-13-32-54-49)57(51(42)53)39-30-26-35(27-31-39)34-24-28-38(29-25-34)56-45-22-12-10-20-41(45)50-47(56)33-44-48(55-50)40-19-9-11-21-43(40)52(44,36-15-5-3-6-16-36)37-17-7-4-8-18-37/h2-33H,53H2,1H3/b14-2-. The Morgan fingerprint density at radius 3 is 1.82 bits per heavy atom. The maximum Gasteiger partial charge on any atom is 0.118 e. The summed E-state index contributed by atoms with van der Waals surface area (Å²) in [7, 11) is 0. The Kier molecular flexibility index (Phi) is 7.38. The van der Waals surface area contributed by atoms with Crippen LogP contribution in [0.4, 0.5) is 5.82 Å². The van der Waals surface area contributed by atoms with E-state index in [0.717, 1.165) is 66.7 Å². The van der Waals surface area contributed by atoms with Crippen LogP contribution in [0, 0.1) is 0 Å². The van der Waals surface area contributed by atoms with E-state index in [1.54, 1.807) is 0 Å². The first-order valence-corrected chi connectivity index (χ1v) is 19.4. The molecular weight excluding hydrogens is 695 g/mol. The van der Waals surface area contributed by atoms with Gasteiger partial charge in [-0.25, -0.2) is 4.98 Å². The summed E-state index contributed by atoms with van der Waals surface area (Å²) in [5.74, 6) is 0.680. The second-order valence-corrected chi connectivity index (χ2v) is 14.7. The average molecular weight is 732 g/mol. The Balaban J connectivity index is 1.06. The molecule has 11 rings (SSSR count). The number of hydrogen-bond acceptors (Lipinski definition) is 3. The van der Waals surface area contributed by atoms with Gasteiger partial charge in [0.2, 0.25) is 0 Å². The Morgan fingerprint density at radius 1 is 0.544 bits per heavy atom. The van der Waals surface area contributed by atoms with Gasteiger partial charge in [0.15, 0.2) is 0 Å². The number of fused-ring (bicyclic) bond motifs is 7. The van der Waals surface area contributed by atoms with Crippen LogP contribution in [0.25, 0.3) is 72.8 Å². The van der Waals surface area contributed by atoms with E-state index in [2.05, 4.69) is 184 Å². The first-order valence-electron chi connectivity index (χ1n) is 19.4. The molecule has 57 heavy (non-hydrogen) atoms. The highest BCUT2D eigenvalue weighted by molar-refractivity contribution is 6.09. The van der Waals surface area contributed by atoms with E-state index in [0.29, 0.717) is 5.82 Å². The molecule has 1 aliphatic carbocycles. The van der Waals surface area contributed by atoms with Gasteiger partial charge in [-0.15, -0.1) is 0 Å². The van der Waals surface area contributed by atoms with Gasteiger partial charge in [-0.3, -0.25) is 9.55 Å². The lowest BCUT2D eigenvalue weighted by atomic mass is 9.68. The van der Waals surface area contributed by atoms with Crippen molar-refractivity contribution in [2.45, 2.75) is 12.3 Å². The van der Waals surface area contributed by atoms with Crippen LogP contribution in [-0.2, 0) is 5.41 Å². The summed E-state index contributed by atoms with van der Waals surface area (Å²) in [5, 5.41) is 1.13. The Bertz CT molecular complexity index is 3130. The van der Waals surface area contributed by atoms with Crippen molar-refractivity contribution in [2.75, 3.05) is 5.73 Å². The molecule has 270 valence electrons. The number of para-hydroxylation sites is 1. The maximum absolute atomic E-state index is 6.72. The van der Waals surface area contributed by atoms with E-state index in [1.807, 2.05) is 31.3 Å². The fraction of sp³-hybridized carbons (Fsp3) is 0.0385. The molecule has 2 N–H and O–H groups in total. The van der Waals surface area contributed by atoms with Crippen LogP contribution in [0.2, 0.25) is 0 Å². The van der Waals surface area contributed by atoms with E-state index in [4.69, 9.17) is 10.7 Å². The molecule has 5 heteroatoms. The second-order valence-electron chi connectivity index (χ2n) is 14.7. The minimum absolute atomic E-state index is 0.532. The van der Waals surface area contributed by atoms with Crippen LogP contribution in [0.1, 0.15) is 34.7 Å². The monoisotopic (exact) mass is 731 g/mol. The number of allylic oxidation sites excluding steroid dienone is 1. The van der Waals surface area contributed by atoms with E-state index >= 15 is 0 Å². The molecule has 0 saturated carbocycles. The highest BCUT2D eigenvalue weighted by Crippen LogP contribution is 2.56. The van der Waals surface area contributed by atoms with E-state index in [-0.39, 0.29) is 0 Å². The van der Waals surface area contributed by atoms with Gasteiger partial charge in [0.1, 0.15) is 5.82 Å². The third-order valence-corrected chi connectivity index (χ3v) is 11.8. The molecule has 0 bridgehead atoms. The molecule has 0 radical (unpaired) electrons. The zero-order valence-electron chi connectivity index (χ0n) is 31.3. The topological polar surface area (TPSA) is 61.7 Å². The predicted octanol–water partition coefficient (Wildman–Crippen LogP) is 12.2. The number of rotatable bonds is 6. The van der Waals surface area contributed by atoms with Gasteiger partial charge in [-0.05, 0) is 83.3 Å². The first kappa shape index (κ1) is 32.9. The Hall–Kier alpha value is -7.50. The molecule has 4 heterocycles. The molecule has 0 saturated heterocycles. The van der Waals surface area contributed by atoms with E-state index < -0.39 is 5.41 Å². The quantitative estimate of drug-likeness (QED) is 0.185. The van der Waals surface area contributed by atoms with Crippen LogP contribution < -0.4 is 5.73 Å². The Morgan fingerprint density at radius 2 is 1.14 bits per heavy atom. The molecule has 6 aromatic carbocycles. The SMILES string of the molecule is C/C=C\c1c(N)n(-c2ccc(-c3ccc(-n4c5ccccc5c5nc6c(cc54)C(c4ccccc4)(c4ccccc4)c4ccccc4-6)cc3)cc2)c2cccnc12. The molecule has 0 aliphatic heterocycles. The molecule has 0 fully saturated rings. The molecule has 0 atom stereocenters. The van der Waals surface area contributed by atoms with Crippen molar-refractivity contribution in [3.8, 4) is 33.8 Å². The van der Waals surface area contributed by atoms with Gasteiger partial charge in [-0.2, -0.15) is 0 Å². The number of benzene rings is 6. The van der Waals surface area contributed by atoms with Crippen LogP contribution in [0.5, 0.6) is 0 Å². The van der Waals surface area contributed by atoms with Crippen molar-refractivity contribution >= 4 is 44.9 Å². The predicted molar refractivity (Wildman–Crippen MR) is 235 cm³/mol. The highest BCUT2D eigenvalue weighted by atomic mass is 15.1. The summed E-state index contributed by atoms with van der Waals surface area (Å²) in [6, 6.07) is 63.2. The largest absolute Gasteiger partial charge is 0.384 e. The number of hydrogen-bond donors (Lipinski definition) is 1. The molecule has 10 aromatic rings. The van der Waals surface area contributed by atoms with Crippen LogP contribution >= 0.6 is 0 Å². The zero-order chi connectivity index (χ0) is 38.1. The van der Waals surface area contributed by atoms with Crippen molar-refractivity contribution in [2.24, 2.45) is 0 Å². The van der Waals surface area contributed by atoms with Gasteiger partial charge >= 0.3 is 0 Å². The number of nitrogens with zero attached hydrogens (tertiary/aromatic N) is 4. The lowest BCUT2D eigenvalue weighted by Crippen LogP contribution is -2.28. The fourth-order valence-electron chi connectivity index (χ4n) is 9.34. The number of anilines is 1. The number of aromatic nitrogens is 4. The summed E-state index contributed by atoms with van der Waals surface area (Å²) in [5.41, 5.74) is 23.7. The maximum atomic E-state index is 6.72. The second kappa shape index (κ2) is 12.8. The molecule has 5 nitrogen and oxygen atoms in total. The number of pyridine rings is 2. The van der Waals surface area contributed by atoms with Gasteiger partial charge in [0.25, 0.3) is 0 Å². The minimum Gasteiger partial charge on any atom is -0.384 e.